The first-order valence-corrected chi connectivity index (χ1v) is 8.76. The van der Waals surface area contributed by atoms with Crippen molar-refractivity contribution in [2.75, 3.05) is 0 Å². The molecule has 8 heteroatoms. The summed E-state index contributed by atoms with van der Waals surface area (Å²) in [6.07, 6.45) is 3.76. The molecule has 8 nitrogen and oxygen atoms in total. The number of rotatable bonds is 6. The van der Waals surface area contributed by atoms with Crippen LogP contribution in [-0.4, -0.2) is 35.2 Å². The van der Waals surface area contributed by atoms with Crippen LogP contribution in [0.4, 0.5) is 0 Å². The van der Waals surface area contributed by atoms with Crippen LogP contribution in [0, 0.1) is 20.8 Å². The van der Waals surface area contributed by atoms with Crippen molar-refractivity contribution in [3.05, 3.63) is 52.9 Å². The van der Waals surface area contributed by atoms with Gasteiger partial charge in [-0.05, 0) is 46.8 Å². The minimum Gasteiger partial charge on any atom is -0.344 e. The number of carbonyl (C=O) groups is 1. The Morgan fingerprint density at radius 3 is 2.58 bits per heavy atom. The maximum absolute atomic E-state index is 12.5. The highest BCUT2D eigenvalue weighted by Gasteiger charge is 2.17. The molecule has 1 amide bonds. The van der Waals surface area contributed by atoms with Gasteiger partial charge in [-0.2, -0.15) is 15.3 Å². The normalized spacial score (nSPS) is 12.3. The summed E-state index contributed by atoms with van der Waals surface area (Å²) in [5.41, 5.74) is 4.35. The first-order chi connectivity index (χ1) is 12.4. The van der Waals surface area contributed by atoms with Crippen LogP contribution in [0.15, 0.2) is 24.5 Å². The Bertz CT molecular complexity index is 918. The molecule has 0 aliphatic carbocycles. The molecule has 3 aromatic rings. The molecule has 3 aromatic heterocycles. The molecule has 1 unspecified atom stereocenters. The number of nitrogens with zero attached hydrogens (tertiary/aromatic N) is 6. The zero-order chi connectivity index (χ0) is 18.8. The van der Waals surface area contributed by atoms with Crippen molar-refractivity contribution < 1.29 is 4.79 Å². The minimum atomic E-state index is -0.201. The molecule has 0 fully saturated rings. The van der Waals surface area contributed by atoms with Crippen molar-refractivity contribution in [2.45, 2.75) is 53.9 Å². The van der Waals surface area contributed by atoms with Gasteiger partial charge in [0.2, 0.25) is 0 Å². The Balaban J connectivity index is 1.67. The van der Waals surface area contributed by atoms with E-state index in [9.17, 15) is 4.79 Å². The fourth-order valence-electron chi connectivity index (χ4n) is 2.99. The standard InChI is InChI=1S/C18H25N7O/c1-6-23-10-16(15(5)21-23)14(4)19-18(26)17-7-8-24(22-17)11-25-13(3)9-12(2)20-25/h7-10,14H,6,11H2,1-5H3,(H,19,26). The molecule has 0 spiro atoms. The number of hydrogen-bond donors (Lipinski definition) is 1. The molecule has 0 saturated heterocycles. The number of amides is 1. The fourth-order valence-corrected chi connectivity index (χ4v) is 2.99. The monoisotopic (exact) mass is 355 g/mol. The number of aryl methyl sites for hydroxylation is 4. The second-order valence-electron chi connectivity index (χ2n) is 6.53. The van der Waals surface area contributed by atoms with Gasteiger partial charge in [0, 0.05) is 30.2 Å². The SMILES string of the molecule is CCn1cc(C(C)NC(=O)c2ccn(Cn3nc(C)cc3C)n2)c(C)n1. The van der Waals surface area contributed by atoms with Gasteiger partial charge >= 0.3 is 0 Å². The zero-order valence-electron chi connectivity index (χ0n) is 15.9. The van der Waals surface area contributed by atoms with Crippen LogP contribution < -0.4 is 5.32 Å². The summed E-state index contributed by atoms with van der Waals surface area (Å²) in [5.74, 6) is -0.201. The third-order valence-electron chi connectivity index (χ3n) is 4.38. The second-order valence-corrected chi connectivity index (χ2v) is 6.53. The summed E-state index contributed by atoms with van der Waals surface area (Å²) in [5, 5.41) is 16.2. The van der Waals surface area contributed by atoms with Gasteiger partial charge < -0.3 is 5.32 Å². The molecule has 1 atom stereocenters. The topological polar surface area (TPSA) is 82.6 Å². The highest BCUT2D eigenvalue weighted by molar-refractivity contribution is 5.92. The van der Waals surface area contributed by atoms with Crippen molar-refractivity contribution >= 4 is 5.91 Å². The quantitative estimate of drug-likeness (QED) is 0.735. The fraction of sp³-hybridized carbons (Fsp3) is 0.444. The van der Waals surface area contributed by atoms with Crippen molar-refractivity contribution in [3.63, 3.8) is 0 Å². The Morgan fingerprint density at radius 2 is 1.96 bits per heavy atom. The predicted molar refractivity (Wildman–Crippen MR) is 97.8 cm³/mol. The summed E-state index contributed by atoms with van der Waals surface area (Å²) in [7, 11) is 0. The number of hydrogen-bond acceptors (Lipinski definition) is 4. The molecule has 0 aliphatic heterocycles. The zero-order valence-corrected chi connectivity index (χ0v) is 15.9. The smallest absolute Gasteiger partial charge is 0.272 e. The predicted octanol–water partition coefficient (Wildman–Crippen LogP) is 2.22. The van der Waals surface area contributed by atoms with Gasteiger partial charge in [-0.15, -0.1) is 0 Å². The van der Waals surface area contributed by atoms with Gasteiger partial charge in [0.15, 0.2) is 0 Å². The molecule has 138 valence electrons. The van der Waals surface area contributed by atoms with Crippen LogP contribution in [-0.2, 0) is 13.2 Å². The summed E-state index contributed by atoms with van der Waals surface area (Å²) in [6, 6.07) is 3.59. The van der Waals surface area contributed by atoms with Crippen LogP contribution in [0.5, 0.6) is 0 Å². The van der Waals surface area contributed by atoms with Gasteiger partial charge in [0.05, 0.1) is 17.4 Å². The summed E-state index contributed by atoms with van der Waals surface area (Å²) in [4.78, 5) is 12.5. The van der Waals surface area contributed by atoms with Gasteiger partial charge in [-0.1, -0.05) is 0 Å². The Hall–Kier alpha value is -2.90. The summed E-state index contributed by atoms with van der Waals surface area (Å²) in [6.45, 7) is 11.2. The maximum Gasteiger partial charge on any atom is 0.272 e. The lowest BCUT2D eigenvalue weighted by Crippen LogP contribution is -2.27. The number of nitrogens with one attached hydrogen (secondary N) is 1. The Kier molecular flexibility index (Phi) is 4.92. The van der Waals surface area contributed by atoms with Crippen LogP contribution in [0.2, 0.25) is 0 Å². The first kappa shape index (κ1) is 17.9. The van der Waals surface area contributed by atoms with Gasteiger partial charge in [-0.25, -0.2) is 4.68 Å². The lowest BCUT2D eigenvalue weighted by molar-refractivity contribution is 0.0933. The molecule has 0 radical (unpaired) electrons. The summed E-state index contributed by atoms with van der Waals surface area (Å²) < 4.78 is 5.44. The molecule has 1 N–H and O–H groups in total. The van der Waals surface area contributed by atoms with E-state index in [1.165, 1.54) is 0 Å². The van der Waals surface area contributed by atoms with E-state index in [0.717, 1.165) is 29.2 Å². The van der Waals surface area contributed by atoms with Gasteiger partial charge in [0.25, 0.3) is 5.91 Å². The largest absolute Gasteiger partial charge is 0.344 e. The third kappa shape index (κ3) is 3.68. The van der Waals surface area contributed by atoms with E-state index in [4.69, 9.17) is 0 Å². The molecule has 3 rings (SSSR count). The number of aromatic nitrogens is 6. The van der Waals surface area contributed by atoms with Crippen LogP contribution in [0.3, 0.4) is 0 Å². The van der Waals surface area contributed by atoms with Crippen molar-refractivity contribution in [2.24, 2.45) is 0 Å². The average molecular weight is 355 g/mol. The van der Waals surface area contributed by atoms with E-state index >= 15 is 0 Å². The highest BCUT2D eigenvalue weighted by Crippen LogP contribution is 2.16. The minimum absolute atomic E-state index is 0.135. The average Bonchev–Trinajstić information content (AvgIpc) is 3.27. The van der Waals surface area contributed by atoms with Crippen LogP contribution in [0.1, 0.15) is 53.0 Å². The van der Waals surface area contributed by atoms with E-state index < -0.39 is 0 Å². The van der Waals surface area contributed by atoms with Gasteiger partial charge in [0.1, 0.15) is 12.4 Å². The Labute approximate surface area is 152 Å². The molecule has 0 aliphatic rings. The molecule has 0 bridgehead atoms. The second kappa shape index (κ2) is 7.15. The van der Waals surface area contributed by atoms with Crippen molar-refractivity contribution in [1.82, 2.24) is 34.7 Å². The lowest BCUT2D eigenvalue weighted by Gasteiger charge is -2.12. The maximum atomic E-state index is 12.5. The molecule has 3 heterocycles. The van der Waals surface area contributed by atoms with Gasteiger partial charge in [-0.3, -0.25) is 14.2 Å². The molecule has 26 heavy (non-hydrogen) atoms. The van der Waals surface area contributed by atoms with Crippen LogP contribution >= 0.6 is 0 Å². The van der Waals surface area contributed by atoms with E-state index in [0.29, 0.717) is 12.4 Å². The number of carbonyl (C=O) groups excluding carboxylic acids is 1. The molecule has 0 aromatic carbocycles. The lowest BCUT2D eigenvalue weighted by atomic mass is 10.1. The van der Waals surface area contributed by atoms with Crippen molar-refractivity contribution in [3.8, 4) is 0 Å². The van der Waals surface area contributed by atoms with E-state index in [1.54, 1.807) is 16.9 Å². The molecular formula is C18H25N7O. The molecular weight excluding hydrogens is 330 g/mol. The molecule has 0 saturated carbocycles. The Morgan fingerprint density at radius 1 is 1.19 bits per heavy atom. The van der Waals surface area contributed by atoms with E-state index in [2.05, 4.69) is 20.6 Å². The third-order valence-corrected chi connectivity index (χ3v) is 4.38. The van der Waals surface area contributed by atoms with E-state index in [-0.39, 0.29) is 11.9 Å². The first-order valence-electron chi connectivity index (χ1n) is 8.76. The van der Waals surface area contributed by atoms with Crippen LogP contribution in [0.25, 0.3) is 0 Å². The highest BCUT2D eigenvalue weighted by atomic mass is 16.2. The summed E-state index contributed by atoms with van der Waals surface area (Å²) >= 11 is 0. The van der Waals surface area contributed by atoms with E-state index in [1.807, 2.05) is 56.2 Å². The van der Waals surface area contributed by atoms with Crippen molar-refractivity contribution in [1.29, 1.82) is 0 Å².